The van der Waals surface area contributed by atoms with Gasteiger partial charge in [0.1, 0.15) is 5.82 Å². The van der Waals surface area contributed by atoms with Crippen molar-refractivity contribution in [3.8, 4) is 0 Å². The van der Waals surface area contributed by atoms with Crippen LogP contribution < -0.4 is 10.9 Å². The van der Waals surface area contributed by atoms with E-state index in [2.05, 4.69) is 25.5 Å². The van der Waals surface area contributed by atoms with E-state index in [1.165, 1.54) is 41.3 Å². The second-order valence-corrected chi connectivity index (χ2v) is 8.94. The summed E-state index contributed by atoms with van der Waals surface area (Å²) >= 11 is 4.15. The zero-order valence-corrected chi connectivity index (χ0v) is 17.2. The number of aromatic nitrogens is 4. The monoisotopic (exact) mass is 437 g/mol. The highest BCUT2D eigenvalue weighted by Crippen LogP contribution is 2.25. The Kier molecular flexibility index (Phi) is 7.18. The third kappa shape index (κ3) is 6.14. The Bertz CT molecular complexity index is 1010. The summed E-state index contributed by atoms with van der Waals surface area (Å²) in [6, 6.07) is 7.39. The molecule has 3 aromatic rings. The van der Waals surface area contributed by atoms with E-state index in [0.29, 0.717) is 21.7 Å². The number of thioether (sulfide) groups is 2. The maximum atomic E-state index is 13.0. The van der Waals surface area contributed by atoms with Gasteiger partial charge in [-0.1, -0.05) is 53.9 Å². The van der Waals surface area contributed by atoms with Gasteiger partial charge in [-0.15, -0.1) is 10.2 Å². The molecule has 0 spiro atoms. The molecule has 0 saturated heterocycles. The number of carbonyl (C=O) groups is 1. The number of hydrogen-bond acceptors (Lipinski definition) is 8. The van der Waals surface area contributed by atoms with Gasteiger partial charge in [0.2, 0.25) is 11.0 Å². The third-order valence-corrected chi connectivity index (χ3v) is 6.12. The molecule has 0 atom stereocenters. The Balaban J connectivity index is 1.61. The topological polar surface area (TPSA) is 101 Å². The number of rotatable bonds is 8. The number of H-pyrrole nitrogens is 1. The van der Waals surface area contributed by atoms with E-state index >= 15 is 0 Å². The number of amides is 1. The molecular weight excluding hydrogens is 421 g/mol. The average Bonchev–Trinajstić information content (AvgIpc) is 3.08. The molecule has 11 heteroatoms. The lowest BCUT2D eigenvalue weighted by Gasteiger charge is -2.05. The summed E-state index contributed by atoms with van der Waals surface area (Å²) < 4.78 is 13.7. The molecule has 0 radical (unpaired) electrons. The van der Waals surface area contributed by atoms with E-state index in [0.717, 1.165) is 15.7 Å². The van der Waals surface area contributed by atoms with Crippen LogP contribution in [0.5, 0.6) is 0 Å². The van der Waals surface area contributed by atoms with E-state index in [-0.39, 0.29) is 23.7 Å². The predicted octanol–water partition coefficient (Wildman–Crippen LogP) is 3.35. The fraction of sp³-hybridized carbons (Fsp3) is 0.235. The Hall–Kier alpha value is -2.24. The number of benzene rings is 1. The van der Waals surface area contributed by atoms with Crippen molar-refractivity contribution in [1.29, 1.82) is 0 Å². The van der Waals surface area contributed by atoms with Crippen molar-refractivity contribution in [3.63, 3.8) is 0 Å². The van der Waals surface area contributed by atoms with Gasteiger partial charge >= 0.3 is 0 Å². The molecule has 0 bridgehead atoms. The van der Waals surface area contributed by atoms with E-state index < -0.39 is 0 Å². The molecule has 1 amide bonds. The van der Waals surface area contributed by atoms with Crippen LogP contribution in [0.4, 0.5) is 9.52 Å². The smallest absolute Gasteiger partial charge is 0.251 e. The minimum atomic E-state index is -0.336. The van der Waals surface area contributed by atoms with Crippen LogP contribution in [0.25, 0.3) is 0 Å². The lowest BCUT2D eigenvalue weighted by Crippen LogP contribution is -2.18. The molecule has 0 aliphatic heterocycles. The van der Waals surface area contributed by atoms with E-state index in [4.69, 9.17) is 0 Å². The van der Waals surface area contributed by atoms with Gasteiger partial charge in [0, 0.05) is 11.8 Å². The number of nitrogens with zero attached hydrogens (tertiary/aromatic N) is 3. The number of carbonyl (C=O) groups excluding carboxylic acids is 1. The van der Waals surface area contributed by atoms with Crippen molar-refractivity contribution in [2.75, 3.05) is 11.1 Å². The molecule has 28 heavy (non-hydrogen) atoms. The second kappa shape index (κ2) is 9.80. The molecule has 1 aromatic carbocycles. The van der Waals surface area contributed by atoms with Gasteiger partial charge in [-0.3, -0.25) is 9.59 Å². The molecule has 2 aromatic heterocycles. The van der Waals surface area contributed by atoms with E-state index in [9.17, 15) is 14.0 Å². The average molecular weight is 438 g/mol. The fourth-order valence-electron chi connectivity index (χ4n) is 2.14. The lowest BCUT2D eigenvalue weighted by atomic mass is 10.2. The Morgan fingerprint density at radius 3 is 2.79 bits per heavy atom. The molecule has 0 aliphatic rings. The standard InChI is InChI=1S/C17H16FN5O2S3/c1-2-26-17-23-22-16(28-17)21-14(25)8-12-7-13(24)20-15(19-12)27-9-10-3-5-11(18)6-4-10/h3-7H,2,8-9H2,1H3,(H,19,20,24)(H,21,22,25). The normalized spacial score (nSPS) is 10.8. The van der Waals surface area contributed by atoms with Crippen LogP contribution >= 0.6 is 34.9 Å². The molecule has 0 aliphatic carbocycles. The van der Waals surface area contributed by atoms with Crippen LogP contribution in [0.3, 0.4) is 0 Å². The van der Waals surface area contributed by atoms with Gasteiger partial charge in [0.25, 0.3) is 5.56 Å². The highest BCUT2D eigenvalue weighted by molar-refractivity contribution is 8.01. The van der Waals surface area contributed by atoms with Crippen LogP contribution in [0.1, 0.15) is 18.2 Å². The predicted molar refractivity (Wildman–Crippen MR) is 109 cm³/mol. The Labute approximate surface area is 172 Å². The molecule has 0 saturated carbocycles. The molecule has 3 rings (SSSR count). The highest BCUT2D eigenvalue weighted by atomic mass is 32.2. The first-order valence-corrected chi connectivity index (χ1v) is 11.0. The zero-order chi connectivity index (χ0) is 19.9. The van der Waals surface area contributed by atoms with Crippen molar-refractivity contribution in [2.24, 2.45) is 0 Å². The summed E-state index contributed by atoms with van der Waals surface area (Å²) in [6.07, 6.45) is -0.0517. The van der Waals surface area contributed by atoms with Gasteiger partial charge in [-0.2, -0.15) is 0 Å². The Morgan fingerprint density at radius 2 is 2.04 bits per heavy atom. The second-order valence-electron chi connectivity index (χ2n) is 5.49. The van der Waals surface area contributed by atoms with Gasteiger partial charge in [-0.05, 0) is 23.4 Å². The van der Waals surface area contributed by atoms with Crippen molar-refractivity contribution >= 4 is 45.9 Å². The maximum Gasteiger partial charge on any atom is 0.251 e. The first-order valence-electron chi connectivity index (χ1n) is 8.25. The molecule has 2 N–H and O–H groups in total. The molecule has 7 nitrogen and oxygen atoms in total. The van der Waals surface area contributed by atoms with Crippen LogP contribution in [-0.2, 0) is 17.0 Å². The van der Waals surface area contributed by atoms with Gasteiger partial charge in [-0.25, -0.2) is 9.37 Å². The van der Waals surface area contributed by atoms with Crippen molar-refractivity contribution in [1.82, 2.24) is 20.2 Å². The van der Waals surface area contributed by atoms with Gasteiger partial charge in [0.05, 0.1) is 12.1 Å². The van der Waals surface area contributed by atoms with Crippen LogP contribution in [0.15, 0.2) is 44.6 Å². The number of anilines is 1. The summed E-state index contributed by atoms with van der Waals surface area (Å²) in [5, 5.41) is 11.4. The van der Waals surface area contributed by atoms with Crippen molar-refractivity contribution < 1.29 is 9.18 Å². The zero-order valence-electron chi connectivity index (χ0n) is 14.8. The van der Waals surface area contributed by atoms with Gasteiger partial charge < -0.3 is 10.3 Å². The minimum Gasteiger partial charge on any atom is -0.301 e. The summed E-state index contributed by atoms with van der Waals surface area (Å²) in [5.41, 5.74) is 0.918. The van der Waals surface area contributed by atoms with Crippen LogP contribution in [-0.4, -0.2) is 31.8 Å². The first kappa shape index (κ1) is 20.5. The lowest BCUT2D eigenvalue weighted by molar-refractivity contribution is -0.115. The molecule has 0 unspecified atom stereocenters. The highest BCUT2D eigenvalue weighted by Gasteiger charge is 2.11. The van der Waals surface area contributed by atoms with Crippen LogP contribution in [0.2, 0.25) is 0 Å². The number of aromatic amines is 1. The summed E-state index contributed by atoms with van der Waals surface area (Å²) in [6.45, 7) is 2.01. The van der Waals surface area contributed by atoms with Crippen LogP contribution in [0, 0.1) is 5.82 Å². The third-order valence-electron chi connectivity index (χ3n) is 3.32. The largest absolute Gasteiger partial charge is 0.301 e. The summed E-state index contributed by atoms with van der Waals surface area (Å²) in [5.74, 6) is 0.764. The van der Waals surface area contributed by atoms with Crippen molar-refractivity contribution in [3.05, 3.63) is 57.8 Å². The SMILES string of the molecule is CCSc1nnc(NC(=O)Cc2cc(=O)[nH]c(SCc3ccc(F)cc3)n2)s1. The molecular formula is C17H16FN5O2S3. The summed E-state index contributed by atoms with van der Waals surface area (Å²) in [4.78, 5) is 31.0. The first-order chi connectivity index (χ1) is 13.5. The molecule has 2 heterocycles. The molecule has 0 fully saturated rings. The Morgan fingerprint density at radius 1 is 1.25 bits per heavy atom. The summed E-state index contributed by atoms with van der Waals surface area (Å²) in [7, 11) is 0. The number of halogens is 1. The minimum absolute atomic E-state index is 0.0517. The number of hydrogen-bond donors (Lipinski definition) is 2. The molecule has 146 valence electrons. The van der Waals surface area contributed by atoms with E-state index in [1.807, 2.05) is 6.92 Å². The van der Waals surface area contributed by atoms with Crippen molar-refractivity contribution in [2.45, 2.75) is 28.6 Å². The fourth-order valence-corrected chi connectivity index (χ4v) is 4.66. The number of nitrogens with one attached hydrogen (secondary N) is 2. The quantitative estimate of drug-likeness (QED) is 0.317. The van der Waals surface area contributed by atoms with Gasteiger partial charge in [0.15, 0.2) is 9.50 Å². The van der Waals surface area contributed by atoms with E-state index in [1.54, 1.807) is 23.9 Å². The maximum absolute atomic E-state index is 13.0.